The predicted octanol–water partition coefficient (Wildman–Crippen LogP) is 0.304. The molecule has 1 amide bonds. The standard InChI is InChI=1S/C8H14N4O/c1-3-4-5-6(9)7(12-11-5)8(13)10-2/h3-4,9H2,1-2H3,(H,10,13)(H,11,12)/i2D3. The van der Waals surface area contributed by atoms with Crippen molar-refractivity contribution in [3.63, 3.8) is 0 Å². The summed E-state index contributed by atoms with van der Waals surface area (Å²) in [6.45, 7) is -0.574. The molecule has 0 aromatic carbocycles. The average molecular weight is 185 g/mol. The first kappa shape index (κ1) is 6.01. The summed E-state index contributed by atoms with van der Waals surface area (Å²) in [6, 6.07) is 0. The summed E-state index contributed by atoms with van der Waals surface area (Å²) in [4.78, 5) is 11.5. The smallest absolute Gasteiger partial charge is 0.273 e. The van der Waals surface area contributed by atoms with Crippen LogP contribution in [0.5, 0.6) is 0 Å². The molecule has 5 nitrogen and oxygen atoms in total. The van der Waals surface area contributed by atoms with Crippen LogP contribution in [0.4, 0.5) is 5.69 Å². The van der Waals surface area contributed by atoms with Crippen molar-refractivity contribution in [3.05, 3.63) is 11.4 Å². The largest absolute Gasteiger partial charge is 0.395 e. The molecule has 13 heavy (non-hydrogen) atoms. The number of nitrogens with two attached hydrogens (primary N) is 1. The van der Waals surface area contributed by atoms with Gasteiger partial charge in [0.1, 0.15) is 0 Å². The van der Waals surface area contributed by atoms with Crippen molar-refractivity contribution in [3.8, 4) is 0 Å². The highest BCUT2D eigenvalue weighted by molar-refractivity contribution is 5.97. The Morgan fingerprint density at radius 3 is 3.23 bits per heavy atom. The number of nitrogen functional groups attached to an aromatic ring is 1. The highest BCUT2D eigenvalue weighted by atomic mass is 16.1. The molecule has 0 bridgehead atoms. The number of nitrogens with one attached hydrogen (secondary N) is 2. The third kappa shape index (κ3) is 1.80. The van der Waals surface area contributed by atoms with Crippen LogP contribution in [0, 0.1) is 0 Å². The maximum atomic E-state index is 11.5. The molecule has 72 valence electrons. The monoisotopic (exact) mass is 185 g/mol. The number of rotatable bonds is 3. The summed E-state index contributed by atoms with van der Waals surface area (Å²) in [5, 5.41) is 8.16. The van der Waals surface area contributed by atoms with Gasteiger partial charge in [0, 0.05) is 11.1 Å². The van der Waals surface area contributed by atoms with Crippen molar-refractivity contribution in [2.75, 3.05) is 12.7 Å². The van der Waals surface area contributed by atoms with E-state index in [0.29, 0.717) is 12.1 Å². The number of aryl methyl sites for hydroxylation is 1. The molecule has 0 aliphatic heterocycles. The molecule has 0 aliphatic rings. The van der Waals surface area contributed by atoms with Gasteiger partial charge in [-0.2, -0.15) is 5.10 Å². The Morgan fingerprint density at radius 2 is 2.62 bits per heavy atom. The van der Waals surface area contributed by atoms with Gasteiger partial charge in [0.2, 0.25) is 0 Å². The second-order valence-corrected chi connectivity index (χ2v) is 2.67. The zero-order valence-corrected chi connectivity index (χ0v) is 7.35. The second-order valence-electron chi connectivity index (χ2n) is 2.67. The third-order valence-electron chi connectivity index (χ3n) is 1.71. The zero-order chi connectivity index (χ0) is 12.3. The van der Waals surface area contributed by atoms with Crippen LogP contribution < -0.4 is 11.1 Å². The minimum Gasteiger partial charge on any atom is -0.395 e. The number of carbonyl (C=O) groups excluding carboxylic acids is 1. The van der Waals surface area contributed by atoms with E-state index in [1.807, 2.05) is 12.2 Å². The summed E-state index contributed by atoms with van der Waals surface area (Å²) in [5.41, 5.74) is 6.46. The number of amides is 1. The van der Waals surface area contributed by atoms with E-state index in [1.54, 1.807) is 0 Å². The van der Waals surface area contributed by atoms with Crippen LogP contribution in [0.25, 0.3) is 0 Å². The molecule has 0 spiro atoms. The van der Waals surface area contributed by atoms with Gasteiger partial charge in [0.25, 0.3) is 5.91 Å². The van der Waals surface area contributed by atoms with Crippen LogP contribution in [0.1, 0.15) is 33.6 Å². The van der Waals surface area contributed by atoms with Gasteiger partial charge in [0.05, 0.1) is 11.4 Å². The van der Waals surface area contributed by atoms with E-state index >= 15 is 0 Å². The quantitative estimate of drug-likeness (QED) is 0.633. The molecule has 0 unspecified atom stereocenters. The number of H-pyrrole nitrogens is 1. The maximum absolute atomic E-state index is 11.5. The fourth-order valence-corrected chi connectivity index (χ4v) is 1.06. The first-order valence-electron chi connectivity index (χ1n) is 5.50. The van der Waals surface area contributed by atoms with Gasteiger partial charge >= 0.3 is 0 Å². The molecule has 0 radical (unpaired) electrons. The van der Waals surface area contributed by atoms with E-state index in [4.69, 9.17) is 9.85 Å². The van der Waals surface area contributed by atoms with Crippen LogP contribution in [-0.4, -0.2) is 23.1 Å². The van der Waals surface area contributed by atoms with Crippen LogP contribution in [0.2, 0.25) is 0 Å². The number of carbonyl (C=O) groups is 1. The van der Waals surface area contributed by atoms with Crippen LogP contribution in [0.3, 0.4) is 0 Å². The summed E-state index contributed by atoms with van der Waals surface area (Å²) in [5.74, 6) is -0.795. The average Bonchev–Trinajstić information content (AvgIpc) is 2.46. The number of hydrogen-bond acceptors (Lipinski definition) is 3. The van der Waals surface area contributed by atoms with Gasteiger partial charge in [-0.15, -0.1) is 0 Å². The Bertz CT molecular complexity index is 385. The van der Waals surface area contributed by atoms with Crippen molar-refractivity contribution >= 4 is 11.6 Å². The number of anilines is 1. The lowest BCUT2D eigenvalue weighted by molar-refractivity contribution is 0.0959. The van der Waals surface area contributed by atoms with Gasteiger partial charge < -0.3 is 11.1 Å². The number of hydrogen-bond donors (Lipinski definition) is 3. The summed E-state index contributed by atoms with van der Waals surface area (Å²) < 4.78 is 20.7. The molecule has 5 heteroatoms. The van der Waals surface area contributed by atoms with Gasteiger partial charge in [-0.1, -0.05) is 13.3 Å². The lowest BCUT2D eigenvalue weighted by atomic mass is 10.2. The predicted molar refractivity (Wildman–Crippen MR) is 50.4 cm³/mol. The van der Waals surface area contributed by atoms with Crippen molar-refractivity contribution in [2.24, 2.45) is 0 Å². The Kier molecular flexibility index (Phi) is 1.82. The van der Waals surface area contributed by atoms with E-state index in [2.05, 4.69) is 10.2 Å². The summed E-state index contributed by atoms with van der Waals surface area (Å²) in [6.07, 6.45) is 1.52. The van der Waals surface area contributed by atoms with E-state index < -0.39 is 12.9 Å². The Hall–Kier alpha value is -1.52. The normalized spacial score (nSPS) is 14.4. The van der Waals surface area contributed by atoms with Crippen LogP contribution in [-0.2, 0) is 6.42 Å². The minimum absolute atomic E-state index is 0.0698. The van der Waals surface area contributed by atoms with Crippen molar-refractivity contribution in [2.45, 2.75) is 19.8 Å². The van der Waals surface area contributed by atoms with Crippen LogP contribution >= 0.6 is 0 Å². The van der Waals surface area contributed by atoms with E-state index in [-0.39, 0.29) is 11.4 Å². The van der Waals surface area contributed by atoms with Crippen molar-refractivity contribution in [1.82, 2.24) is 15.5 Å². The maximum Gasteiger partial charge on any atom is 0.273 e. The molecule has 1 rings (SSSR count). The van der Waals surface area contributed by atoms with Gasteiger partial charge in [-0.3, -0.25) is 9.89 Å². The third-order valence-corrected chi connectivity index (χ3v) is 1.71. The highest BCUT2D eigenvalue weighted by Crippen LogP contribution is 2.14. The molecule has 1 heterocycles. The molecular formula is C8H14N4O. The molecule has 0 saturated heterocycles. The molecule has 0 atom stereocenters. The Balaban J connectivity index is 2.84. The Labute approximate surface area is 80.9 Å². The minimum atomic E-state index is -2.53. The van der Waals surface area contributed by atoms with Gasteiger partial charge in [0.15, 0.2) is 5.69 Å². The van der Waals surface area contributed by atoms with E-state index in [0.717, 1.165) is 6.42 Å². The van der Waals surface area contributed by atoms with Crippen LogP contribution in [0.15, 0.2) is 0 Å². The summed E-state index contributed by atoms with van der Waals surface area (Å²) >= 11 is 0. The first-order valence-corrected chi connectivity index (χ1v) is 4.00. The fraction of sp³-hybridized carbons (Fsp3) is 0.500. The Morgan fingerprint density at radius 1 is 1.85 bits per heavy atom. The second kappa shape index (κ2) is 3.93. The SMILES string of the molecule is [2H]C([2H])([2H])NC(=O)c1n[nH]c(CCC)c1N. The summed E-state index contributed by atoms with van der Waals surface area (Å²) in [7, 11) is 0. The fourth-order valence-electron chi connectivity index (χ4n) is 1.06. The first-order chi connectivity index (χ1) is 7.35. The molecule has 0 aliphatic carbocycles. The molecule has 0 fully saturated rings. The zero-order valence-electron chi connectivity index (χ0n) is 10.3. The molecular weight excluding hydrogens is 168 g/mol. The van der Waals surface area contributed by atoms with Gasteiger partial charge in [-0.05, 0) is 6.42 Å². The highest BCUT2D eigenvalue weighted by Gasteiger charge is 2.14. The molecule has 0 saturated carbocycles. The lowest BCUT2D eigenvalue weighted by Crippen LogP contribution is -2.19. The van der Waals surface area contributed by atoms with E-state index in [1.165, 1.54) is 0 Å². The molecule has 1 aromatic heterocycles. The van der Waals surface area contributed by atoms with Crippen molar-refractivity contribution < 1.29 is 8.91 Å². The van der Waals surface area contributed by atoms with Crippen molar-refractivity contribution in [1.29, 1.82) is 0 Å². The number of aromatic amines is 1. The molecule has 4 N–H and O–H groups in total. The van der Waals surface area contributed by atoms with E-state index in [9.17, 15) is 4.79 Å². The number of nitrogens with zero attached hydrogens (tertiary/aromatic N) is 1. The molecule has 1 aromatic rings. The van der Waals surface area contributed by atoms with Gasteiger partial charge in [-0.25, -0.2) is 0 Å². The number of aromatic nitrogens is 2. The lowest BCUT2D eigenvalue weighted by Gasteiger charge is -1.97. The topological polar surface area (TPSA) is 83.8 Å².